The van der Waals surface area contributed by atoms with Crippen molar-refractivity contribution in [2.45, 2.75) is 31.5 Å². The van der Waals surface area contributed by atoms with Crippen LogP contribution in [0.2, 0.25) is 0 Å². The van der Waals surface area contributed by atoms with Gasteiger partial charge in [-0.3, -0.25) is 15.2 Å². The average molecular weight is 278 g/mol. The lowest BCUT2D eigenvalue weighted by Crippen LogP contribution is -2.57. The highest BCUT2D eigenvalue weighted by atomic mass is 19.4. The van der Waals surface area contributed by atoms with Gasteiger partial charge >= 0.3 is 6.18 Å². The number of piperazine rings is 1. The van der Waals surface area contributed by atoms with Gasteiger partial charge in [-0.15, -0.1) is 0 Å². The molecule has 3 N–H and O–H groups in total. The van der Waals surface area contributed by atoms with Crippen LogP contribution in [0.25, 0.3) is 0 Å². The Bertz CT molecular complexity index is 331. The summed E-state index contributed by atoms with van der Waals surface area (Å²) < 4.78 is 38.4. The number of alkyl halides is 3. The largest absolute Gasteiger partial charge is 0.399 e. The van der Waals surface area contributed by atoms with Crippen LogP contribution < -0.4 is 5.73 Å². The first-order valence-corrected chi connectivity index (χ1v) is 6.75. The fraction of sp³-hybridized carbons (Fsp3) is 0.917. The third-order valence-electron chi connectivity index (χ3n) is 4.13. The molecule has 2 heterocycles. The molecule has 0 radical (unpaired) electrons. The van der Waals surface area contributed by atoms with E-state index in [2.05, 4.69) is 4.90 Å². The molecule has 2 rings (SSSR count). The van der Waals surface area contributed by atoms with E-state index >= 15 is 0 Å². The van der Waals surface area contributed by atoms with Gasteiger partial charge in [0.25, 0.3) is 0 Å². The predicted octanol–water partition coefficient (Wildman–Crippen LogP) is 1.27. The summed E-state index contributed by atoms with van der Waals surface area (Å²) in [5.41, 5.74) is 5.10. The molecule has 110 valence electrons. The number of halogens is 3. The molecule has 2 atom stereocenters. The second kappa shape index (κ2) is 5.66. The third-order valence-corrected chi connectivity index (χ3v) is 4.13. The minimum Gasteiger partial charge on any atom is -0.387 e. The van der Waals surface area contributed by atoms with Gasteiger partial charge in [0.1, 0.15) is 11.8 Å². The third kappa shape index (κ3) is 3.60. The van der Waals surface area contributed by atoms with E-state index in [4.69, 9.17) is 11.1 Å². The summed E-state index contributed by atoms with van der Waals surface area (Å²) in [4.78, 5) is 4.18. The number of hydrogen-bond donors (Lipinski definition) is 2. The van der Waals surface area contributed by atoms with Crippen LogP contribution in [0.4, 0.5) is 13.2 Å². The second-order valence-corrected chi connectivity index (χ2v) is 5.49. The molecule has 0 spiro atoms. The lowest BCUT2D eigenvalue weighted by Gasteiger charge is -2.44. The lowest BCUT2D eigenvalue weighted by molar-refractivity contribution is -0.161. The topological polar surface area (TPSA) is 56.4 Å². The van der Waals surface area contributed by atoms with Gasteiger partial charge in [0.2, 0.25) is 0 Å². The monoisotopic (exact) mass is 278 g/mol. The van der Waals surface area contributed by atoms with Crippen LogP contribution in [0.1, 0.15) is 19.3 Å². The number of amidine groups is 1. The van der Waals surface area contributed by atoms with E-state index in [1.807, 2.05) is 4.90 Å². The van der Waals surface area contributed by atoms with Gasteiger partial charge in [-0.05, 0) is 19.4 Å². The zero-order valence-corrected chi connectivity index (χ0v) is 10.9. The van der Waals surface area contributed by atoms with Crippen molar-refractivity contribution < 1.29 is 13.2 Å². The van der Waals surface area contributed by atoms with Gasteiger partial charge in [-0.1, -0.05) is 6.42 Å². The van der Waals surface area contributed by atoms with Crippen molar-refractivity contribution in [2.24, 2.45) is 11.7 Å². The molecule has 2 aliphatic heterocycles. The van der Waals surface area contributed by atoms with Crippen LogP contribution in [0.5, 0.6) is 0 Å². The van der Waals surface area contributed by atoms with Crippen molar-refractivity contribution >= 4 is 5.84 Å². The number of rotatable bonds is 3. The van der Waals surface area contributed by atoms with E-state index in [1.165, 1.54) is 6.42 Å². The molecule has 0 aromatic carbocycles. The number of nitrogens with zero attached hydrogens (tertiary/aromatic N) is 2. The number of nitrogens with two attached hydrogens (primary N) is 1. The van der Waals surface area contributed by atoms with Crippen LogP contribution in [-0.2, 0) is 0 Å². The highest BCUT2D eigenvalue weighted by molar-refractivity contribution is 5.80. The Morgan fingerprint density at radius 3 is 2.63 bits per heavy atom. The molecule has 0 aliphatic carbocycles. The number of hydrogen-bond acceptors (Lipinski definition) is 3. The van der Waals surface area contributed by atoms with Crippen LogP contribution >= 0.6 is 0 Å². The Labute approximate surface area is 111 Å². The summed E-state index contributed by atoms with van der Waals surface area (Å²) in [5.74, 6) is -2.61. The van der Waals surface area contributed by atoms with Crippen molar-refractivity contribution in [3.63, 3.8) is 0 Å². The van der Waals surface area contributed by atoms with E-state index < -0.39 is 17.9 Å². The average Bonchev–Trinajstić information content (AvgIpc) is 2.34. The molecular weight excluding hydrogens is 257 g/mol. The molecule has 4 nitrogen and oxygen atoms in total. The molecular formula is C12H21F3N4. The molecule has 7 heteroatoms. The SMILES string of the molecule is N=C(N)C(CN1CCN2CCCCC2C1)C(F)(F)F. The minimum absolute atomic E-state index is 0.177. The first-order chi connectivity index (χ1) is 8.88. The van der Waals surface area contributed by atoms with Crippen molar-refractivity contribution in [2.75, 3.05) is 32.7 Å². The maximum atomic E-state index is 12.8. The van der Waals surface area contributed by atoms with Crippen LogP contribution in [0, 0.1) is 11.3 Å². The van der Waals surface area contributed by atoms with E-state index in [-0.39, 0.29) is 6.54 Å². The molecule has 0 bridgehead atoms. The van der Waals surface area contributed by atoms with Crippen LogP contribution in [0.3, 0.4) is 0 Å². The summed E-state index contributed by atoms with van der Waals surface area (Å²) in [6, 6.07) is 0.378. The van der Waals surface area contributed by atoms with E-state index in [9.17, 15) is 13.2 Å². The first-order valence-electron chi connectivity index (χ1n) is 6.75. The van der Waals surface area contributed by atoms with E-state index in [0.717, 1.165) is 25.9 Å². The maximum absolute atomic E-state index is 12.8. The molecule has 0 amide bonds. The number of fused-ring (bicyclic) bond motifs is 1. The Morgan fingerprint density at radius 1 is 1.26 bits per heavy atom. The summed E-state index contributed by atoms with van der Waals surface area (Å²) in [6.45, 7) is 3.01. The van der Waals surface area contributed by atoms with Gasteiger partial charge in [0, 0.05) is 32.2 Å². The van der Waals surface area contributed by atoms with E-state index in [1.54, 1.807) is 0 Å². The Morgan fingerprint density at radius 2 is 2.00 bits per heavy atom. The van der Waals surface area contributed by atoms with Gasteiger partial charge in [0.05, 0.1) is 0 Å². The summed E-state index contributed by atoms with van der Waals surface area (Å²) in [7, 11) is 0. The van der Waals surface area contributed by atoms with Crippen molar-refractivity contribution in [3.05, 3.63) is 0 Å². The zero-order valence-electron chi connectivity index (χ0n) is 10.9. The molecule has 19 heavy (non-hydrogen) atoms. The number of piperidine rings is 1. The minimum atomic E-state index is -4.42. The molecule has 2 unspecified atom stereocenters. The van der Waals surface area contributed by atoms with Gasteiger partial charge < -0.3 is 5.73 Å². The highest BCUT2D eigenvalue weighted by Crippen LogP contribution is 2.28. The van der Waals surface area contributed by atoms with Crippen LogP contribution in [-0.4, -0.2) is 60.6 Å². The van der Waals surface area contributed by atoms with Crippen LogP contribution in [0.15, 0.2) is 0 Å². The normalized spacial score (nSPS) is 27.8. The molecule has 0 aromatic heterocycles. The molecule has 0 saturated carbocycles. The standard InChI is InChI=1S/C12H21F3N4/c13-12(14,15)10(11(16)17)8-18-5-6-19-4-2-1-3-9(19)7-18/h9-10H,1-8H2,(H3,16,17). The van der Waals surface area contributed by atoms with E-state index in [0.29, 0.717) is 19.1 Å². The van der Waals surface area contributed by atoms with Gasteiger partial charge in [-0.2, -0.15) is 13.2 Å². The molecule has 0 aromatic rings. The second-order valence-electron chi connectivity index (χ2n) is 5.49. The smallest absolute Gasteiger partial charge is 0.387 e. The molecule has 2 aliphatic rings. The Kier molecular flexibility index (Phi) is 4.35. The lowest BCUT2D eigenvalue weighted by atomic mass is 9.98. The predicted molar refractivity (Wildman–Crippen MR) is 67.1 cm³/mol. The highest BCUT2D eigenvalue weighted by Gasteiger charge is 2.43. The summed E-state index contributed by atoms with van der Waals surface area (Å²) in [6.07, 6.45) is -1.01. The van der Waals surface area contributed by atoms with Crippen molar-refractivity contribution in [1.29, 1.82) is 5.41 Å². The zero-order chi connectivity index (χ0) is 14.0. The summed E-state index contributed by atoms with van der Waals surface area (Å²) >= 11 is 0. The maximum Gasteiger partial charge on any atom is 0.399 e. The summed E-state index contributed by atoms with van der Waals surface area (Å²) in [5, 5.41) is 7.13. The van der Waals surface area contributed by atoms with Crippen molar-refractivity contribution in [1.82, 2.24) is 9.80 Å². The quantitative estimate of drug-likeness (QED) is 0.604. The van der Waals surface area contributed by atoms with Gasteiger partial charge in [-0.25, -0.2) is 0 Å². The Balaban J connectivity index is 1.93. The molecule has 2 fully saturated rings. The van der Waals surface area contributed by atoms with Crippen molar-refractivity contribution in [3.8, 4) is 0 Å². The first kappa shape index (κ1) is 14.6. The van der Waals surface area contributed by atoms with Gasteiger partial charge in [0.15, 0.2) is 0 Å². The fourth-order valence-corrected chi connectivity index (χ4v) is 3.02. The molecule has 2 saturated heterocycles. The number of nitrogens with one attached hydrogen (secondary N) is 1. The Hall–Kier alpha value is -0.820. The fourth-order valence-electron chi connectivity index (χ4n) is 3.02.